The van der Waals surface area contributed by atoms with Crippen LogP contribution in [0.15, 0.2) is 85.1 Å². The molecule has 58 heavy (non-hydrogen) atoms. The van der Waals surface area contributed by atoms with Crippen LogP contribution in [-0.4, -0.2) is 80.7 Å². The van der Waals surface area contributed by atoms with Crippen molar-refractivity contribution < 1.29 is 28.5 Å². The summed E-state index contributed by atoms with van der Waals surface area (Å²) in [6, 6.07) is 23.7. The summed E-state index contributed by atoms with van der Waals surface area (Å²) in [7, 11) is 3.15. The van der Waals surface area contributed by atoms with Gasteiger partial charge in [0.1, 0.15) is 23.1 Å². The fourth-order valence-electron chi connectivity index (χ4n) is 6.94. The van der Waals surface area contributed by atoms with Gasteiger partial charge in [0.05, 0.1) is 43.5 Å². The number of nitrogens with zero attached hydrogens (tertiary/aromatic N) is 2. The molecule has 306 valence electrons. The number of anilines is 5. The van der Waals surface area contributed by atoms with Crippen LogP contribution in [0.25, 0.3) is 10.8 Å². The zero-order chi connectivity index (χ0) is 41.4. The summed E-state index contributed by atoms with van der Waals surface area (Å²) in [5, 5.41) is 13.9. The van der Waals surface area contributed by atoms with Crippen LogP contribution in [0.1, 0.15) is 50.5 Å². The Morgan fingerprint density at radius 2 is 1.59 bits per heavy atom. The van der Waals surface area contributed by atoms with E-state index in [0.29, 0.717) is 58.0 Å². The average molecular weight is 808 g/mol. The molecule has 2 atom stereocenters. The molecule has 4 aromatic carbocycles. The van der Waals surface area contributed by atoms with Gasteiger partial charge in [-0.1, -0.05) is 57.0 Å². The second-order valence-corrected chi connectivity index (χ2v) is 15.8. The smallest absolute Gasteiger partial charge is 0.323 e. The third-order valence-electron chi connectivity index (χ3n) is 9.60. The first-order valence-corrected chi connectivity index (χ1v) is 20.4. The van der Waals surface area contributed by atoms with Crippen LogP contribution in [0.4, 0.5) is 33.4 Å². The minimum atomic E-state index is -0.418. The first-order chi connectivity index (χ1) is 27.8. The molecular formula is C44H53N7O6S. The quantitative estimate of drug-likeness (QED) is 0.0685. The minimum absolute atomic E-state index is 0.163. The molecule has 3 amide bonds. The van der Waals surface area contributed by atoms with Crippen molar-refractivity contribution in [3.05, 3.63) is 96.2 Å². The summed E-state index contributed by atoms with van der Waals surface area (Å²) >= 11 is 1.45. The highest BCUT2D eigenvalue weighted by Crippen LogP contribution is 2.40. The molecule has 5 N–H and O–H groups in total. The van der Waals surface area contributed by atoms with Crippen LogP contribution in [0.2, 0.25) is 0 Å². The van der Waals surface area contributed by atoms with Crippen LogP contribution in [0.3, 0.4) is 0 Å². The molecule has 0 bridgehead atoms. The Hall–Kier alpha value is -5.70. The van der Waals surface area contributed by atoms with E-state index in [9.17, 15) is 9.59 Å². The lowest BCUT2D eigenvalue weighted by atomic mass is 9.86. The summed E-state index contributed by atoms with van der Waals surface area (Å²) in [6.07, 6.45) is 3.90. The fourth-order valence-corrected chi connectivity index (χ4v) is 7.31. The van der Waals surface area contributed by atoms with E-state index in [2.05, 4.69) is 70.5 Å². The number of methoxy groups -OCH3 is 2. The summed E-state index contributed by atoms with van der Waals surface area (Å²) in [4.78, 5) is 33.5. The molecule has 1 aromatic heterocycles. The minimum Gasteiger partial charge on any atom is -0.497 e. The lowest BCUT2D eigenvalue weighted by molar-refractivity contribution is -0.0672. The Labute approximate surface area is 344 Å². The molecule has 13 nitrogen and oxygen atoms in total. The number of fused-ring (bicyclic) bond motifs is 1. The number of nitrogens with one attached hydrogen (secondary N) is 5. The second kappa shape index (κ2) is 18.7. The molecule has 5 aromatic rings. The van der Waals surface area contributed by atoms with E-state index in [4.69, 9.17) is 18.9 Å². The number of pyridine rings is 1. The third-order valence-corrected chi connectivity index (χ3v) is 10.0. The molecule has 14 heteroatoms. The van der Waals surface area contributed by atoms with E-state index in [0.717, 1.165) is 41.7 Å². The van der Waals surface area contributed by atoms with Gasteiger partial charge in [0, 0.05) is 72.8 Å². The number of hydrogen-bond acceptors (Lipinski definition) is 11. The van der Waals surface area contributed by atoms with Gasteiger partial charge in [0.25, 0.3) is 5.91 Å². The second-order valence-electron chi connectivity index (χ2n) is 15.2. The number of hydrogen-bond donors (Lipinski definition) is 5. The van der Waals surface area contributed by atoms with Crippen molar-refractivity contribution in [2.45, 2.75) is 52.2 Å². The molecule has 0 saturated carbocycles. The molecule has 0 spiro atoms. The van der Waals surface area contributed by atoms with Crippen molar-refractivity contribution in [3.63, 3.8) is 0 Å². The maximum absolute atomic E-state index is 13.5. The van der Waals surface area contributed by atoms with Crippen LogP contribution in [0.5, 0.6) is 23.0 Å². The number of carbonyl (C=O) groups excluding carboxylic acids is 2. The summed E-state index contributed by atoms with van der Waals surface area (Å²) < 4.78 is 26.8. The van der Waals surface area contributed by atoms with E-state index >= 15 is 0 Å². The highest BCUT2D eigenvalue weighted by Gasteiger charge is 2.23. The zero-order valence-corrected chi connectivity index (χ0v) is 35.1. The lowest BCUT2D eigenvalue weighted by Crippen LogP contribution is -2.47. The van der Waals surface area contributed by atoms with Crippen LogP contribution >= 0.6 is 11.9 Å². The zero-order valence-electron chi connectivity index (χ0n) is 34.3. The number of carbonyl (C=O) groups is 2. The van der Waals surface area contributed by atoms with E-state index in [-0.39, 0.29) is 23.5 Å². The molecule has 1 saturated heterocycles. The number of morpholine rings is 1. The first-order valence-electron chi connectivity index (χ1n) is 19.2. The van der Waals surface area contributed by atoms with Gasteiger partial charge in [0.15, 0.2) is 5.75 Å². The van der Waals surface area contributed by atoms with Crippen molar-refractivity contribution in [1.82, 2.24) is 15.2 Å². The molecule has 6 rings (SSSR count). The van der Waals surface area contributed by atoms with Gasteiger partial charge in [-0.15, -0.1) is 0 Å². The first kappa shape index (κ1) is 41.9. The number of amides is 3. The van der Waals surface area contributed by atoms with Crippen molar-refractivity contribution in [1.29, 1.82) is 0 Å². The molecule has 0 radical (unpaired) electrons. The molecule has 0 aliphatic carbocycles. The van der Waals surface area contributed by atoms with Crippen LogP contribution in [-0.2, 0) is 10.2 Å². The summed E-state index contributed by atoms with van der Waals surface area (Å²) in [5.41, 5.74) is 3.89. The predicted molar refractivity (Wildman–Crippen MR) is 235 cm³/mol. The molecule has 1 aliphatic rings. The van der Waals surface area contributed by atoms with Crippen LogP contribution in [0, 0.1) is 0 Å². The monoisotopic (exact) mass is 807 g/mol. The topological polar surface area (TPSA) is 147 Å². The fraction of sp³-hybridized carbons (Fsp3) is 0.341. The van der Waals surface area contributed by atoms with Crippen molar-refractivity contribution in [2.75, 3.05) is 67.3 Å². The van der Waals surface area contributed by atoms with Crippen molar-refractivity contribution >= 4 is 63.2 Å². The van der Waals surface area contributed by atoms with E-state index in [1.807, 2.05) is 54.8 Å². The molecule has 1 fully saturated rings. The highest BCUT2D eigenvalue weighted by molar-refractivity contribution is 7.99. The normalized spacial score (nSPS) is 15.7. The maximum atomic E-state index is 13.5. The Kier molecular flexibility index (Phi) is 13.5. The highest BCUT2D eigenvalue weighted by atomic mass is 32.2. The van der Waals surface area contributed by atoms with Gasteiger partial charge < -0.3 is 44.9 Å². The predicted octanol–water partition coefficient (Wildman–Crippen LogP) is 9.26. The SMILES string of the molecule is COc1cc(Nc2cc(Oc3ccc(NC(=O)Nc4cc(C(C)(C)C)cc(NSC)c4OC)c4ccccc34)ccn2)cc(C(=O)NCCN2C[C@@H](C)O[C@@H](C)C2)c1. The average Bonchev–Trinajstić information content (AvgIpc) is 3.18. The molecule has 1 aliphatic heterocycles. The van der Waals surface area contributed by atoms with Crippen LogP contribution < -0.4 is 40.2 Å². The van der Waals surface area contributed by atoms with E-state index in [1.54, 1.807) is 50.7 Å². The Balaban J connectivity index is 1.15. The number of aromatic nitrogens is 1. The van der Waals surface area contributed by atoms with Gasteiger partial charge in [-0.2, -0.15) is 0 Å². The number of rotatable bonds is 14. The van der Waals surface area contributed by atoms with Gasteiger partial charge in [-0.3, -0.25) is 9.69 Å². The number of urea groups is 1. The number of ether oxygens (including phenoxy) is 4. The van der Waals surface area contributed by atoms with E-state index < -0.39 is 6.03 Å². The van der Waals surface area contributed by atoms with Crippen molar-refractivity contribution in [2.24, 2.45) is 0 Å². The summed E-state index contributed by atoms with van der Waals surface area (Å²) in [5.74, 6) is 2.50. The Bertz CT molecular complexity index is 2240. The van der Waals surface area contributed by atoms with E-state index in [1.165, 1.54) is 11.9 Å². The molecule has 0 unspecified atom stereocenters. The largest absolute Gasteiger partial charge is 0.497 e. The third kappa shape index (κ3) is 10.6. The Morgan fingerprint density at radius 1 is 0.862 bits per heavy atom. The standard InChI is InChI=1S/C44H53N7O6S/c1-27-25-51(26-28(2)56-27)18-17-46-42(52)29-19-31(23-33(20-29)54-6)47-40-24-32(15-16-45-40)57-39-14-13-36(34-11-9-10-12-35(34)39)48-43(53)49-37-21-30(44(3,4)5)22-38(50-58-8)41(37)55-7/h9-16,19-24,27-28,50H,17-18,25-26H2,1-8H3,(H,45,47)(H,46,52)(H2,48,49,53)/t27-,28+. The summed E-state index contributed by atoms with van der Waals surface area (Å²) in [6.45, 7) is 13.4. The van der Waals surface area contributed by atoms with Gasteiger partial charge >= 0.3 is 6.03 Å². The molecular weight excluding hydrogens is 755 g/mol. The van der Waals surface area contributed by atoms with Gasteiger partial charge in [-0.25, -0.2) is 9.78 Å². The number of benzene rings is 4. The maximum Gasteiger partial charge on any atom is 0.323 e. The molecule has 2 heterocycles. The van der Waals surface area contributed by atoms with Gasteiger partial charge in [0.2, 0.25) is 0 Å². The lowest BCUT2D eigenvalue weighted by Gasteiger charge is -2.35. The van der Waals surface area contributed by atoms with Crippen molar-refractivity contribution in [3.8, 4) is 23.0 Å². The van der Waals surface area contributed by atoms with Gasteiger partial charge in [-0.05, 0) is 67.3 Å². The Morgan fingerprint density at radius 3 is 2.29 bits per heavy atom.